The van der Waals surface area contributed by atoms with Crippen molar-refractivity contribution in [3.05, 3.63) is 11.3 Å². The van der Waals surface area contributed by atoms with Crippen LogP contribution in [-0.2, 0) is 4.74 Å². The summed E-state index contributed by atoms with van der Waals surface area (Å²) in [5.41, 5.74) is 1.50. The fraction of sp³-hybridized carbons (Fsp3) is 0.750. The number of allylic oxidation sites excluding steroid dienone is 2. The second-order valence-electron chi connectivity index (χ2n) is 2.47. The summed E-state index contributed by atoms with van der Waals surface area (Å²) >= 11 is 0. The summed E-state index contributed by atoms with van der Waals surface area (Å²) in [5.74, 6) is 1.17. The third-order valence-electron chi connectivity index (χ3n) is 1.87. The molecule has 0 aromatic carbocycles. The zero-order valence-corrected chi connectivity index (χ0v) is 6.24. The number of hydrogen-bond donors (Lipinski definition) is 0. The Bertz CT molecular complexity index is 125. The van der Waals surface area contributed by atoms with Gasteiger partial charge in [0.1, 0.15) is 0 Å². The lowest BCUT2D eigenvalue weighted by Crippen LogP contribution is -2.03. The SMILES string of the molecule is CCC1=C(C)OCCC1. The van der Waals surface area contributed by atoms with E-state index >= 15 is 0 Å². The minimum atomic E-state index is 0.926. The molecule has 1 rings (SSSR count). The summed E-state index contributed by atoms with van der Waals surface area (Å²) in [5, 5.41) is 0. The van der Waals surface area contributed by atoms with E-state index < -0.39 is 0 Å². The van der Waals surface area contributed by atoms with Crippen LogP contribution in [0.5, 0.6) is 0 Å². The van der Waals surface area contributed by atoms with Crippen LogP contribution in [0.1, 0.15) is 33.1 Å². The fourth-order valence-corrected chi connectivity index (χ4v) is 1.21. The lowest BCUT2D eigenvalue weighted by Gasteiger charge is -2.17. The summed E-state index contributed by atoms with van der Waals surface area (Å²) < 4.78 is 5.36. The Morgan fingerprint density at radius 3 is 2.78 bits per heavy atom. The normalized spacial score (nSPS) is 19.8. The second kappa shape index (κ2) is 2.90. The van der Waals surface area contributed by atoms with Gasteiger partial charge in [-0.1, -0.05) is 6.92 Å². The predicted molar refractivity (Wildman–Crippen MR) is 38.2 cm³/mol. The van der Waals surface area contributed by atoms with Gasteiger partial charge in [0.25, 0.3) is 0 Å². The molecule has 0 aromatic heterocycles. The maximum Gasteiger partial charge on any atom is 0.0920 e. The lowest BCUT2D eigenvalue weighted by atomic mass is 10.1. The van der Waals surface area contributed by atoms with Gasteiger partial charge in [0.15, 0.2) is 0 Å². The van der Waals surface area contributed by atoms with Crippen molar-refractivity contribution in [3.63, 3.8) is 0 Å². The molecule has 0 bridgehead atoms. The van der Waals surface area contributed by atoms with Gasteiger partial charge in [-0.25, -0.2) is 0 Å². The molecule has 0 radical (unpaired) electrons. The van der Waals surface area contributed by atoms with Gasteiger partial charge in [-0.05, 0) is 31.8 Å². The van der Waals surface area contributed by atoms with E-state index in [-0.39, 0.29) is 0 Å². The van der Waals surface area contributed by atoms with Gasteiger partial charge >= 0.3 is 0 Å². The van der Waals surface area contributed by atoms with Crippen LogP contribution in [-0.4, -0.2) is 6.61 Å². The van der Waals surface area contributed by atoms with Crippen LogP contribution < -0.4 is 0 Å². The van der Waals surface area contributed by atoms with Gasteiger partial charge in [0, 0.05) is 0 Å². The average molecular weight is 126 g/mol. The van der Waals surface area contributed by atoms with Gasteiger partial charge in [0.2, 0.25) is 0 Å². The fourth-order valence-electron chi connectivity index (χ4n) is 1.21. The molecule has 0 aromatic rings. The molecule has 1 aliphatic rings. The first kappa shape index (κ1) is 6.66. The molecule has 1 heteroatoms. The van der Waals surface area contributed by atoms with Gasteiger partial charge < -0.3 is 4.74 Å². The van der Waals surface area contributed by atoms with Crippen LogP contribution in [0.3, 0.4) is 0 Å². The average Bonchev–Trinajstić information content (AvgIpc) is 1.89. The van der Waals surface area contributed by atoms with Gasteiger partial charge in [-0.3, -0.25) is 0 Å². The Kier molecular flexibility index (Phi) is 2.15. The van der Waals surface area contributed by atoms with Crippen molar-refractivity contribution in [2.24, 2.45) is 0 Å². The summed E-state index contributed by atoms with van der Waals surface area (Å²) in [6, 6.07) is 0. The zero-order chi connectivity index (χ0) is 6.69. The van der Waals surface area contributed by atoms with E-state index in [2.05, 4.69) is 13.8 Å². The zero-order valence-electron chi connectivity index (χ0n) is 6.24. The Morgan fingerprint density at radius 2 is 2.33 bits per heavy atom. The quantitative estimate of drug-likeness (QED) is 0.524. The molecular formula is C8H14O. The number of hydrogen-bond acceptors (Lipinski definition) is 1. The molecule has 0 unspecified atom stereocenters. The summed E-state index contributed by atoms with van der Waals surface area (Å²) in [7, 11) is 0. The van der Waals surface area contributed by atoms with Gasteiger partial charge in [-0.2, -0.15) is 0 Å². The Morgan fingerprint density at radius 1 is 1.56 bits per heavy atom. The molecule has 0 N–H and O–H groups in total. The first-order valence-corrected chi connectivity index (χ1v) is 3.66. The smallest absolute Gasteiger partial charge is 0.0920 e. The van der Waals surface area contributed by atoms with Crippen molar-refractivity contribution >= 4 is 0 Å². The highest BCUT2D eigenvalue weighted by Crippen LogP contribution is 2.20. The van der Waals surface area contributed by atoms with Crippen LogP contribution in [0.4, 0.5) is 0 Å². The number of rotatable bonds is 1. The molecule has 1 nitrogen and oxygen atoms in total. The van der Waals surface area contributed by atoms with E-state index in [1.54, 1.807) is 0 Å². The van der Waals surface area contributed by atoms with E-state index in [0.717, 1.165) is 13.0 Å². The molecule has 9 heavy (non-hydrogen) atoms. The molecule has 0 saturated carbocycles. The Hall–Kier alpha value is -0.460. The third kappa shape index (κ3) is 1.47. The highest BCUT2D eigenvalue weighted by molar-refractivity contribution is 5.07. The van der Waals surface area contributed by atoms with E-state index in [0.29, 0.717) is 0 Å². The summed E-state index contributed by atoms with van der Waals surface area (Å²) in [4.78, 5) is 0. The lowest BCUT2D eigenvalue weighted by molar-refractivity contribution is 0.187. The molecule has 0 amide bonds. The first-order valence-electron chi connectivity index (χ1n) is 3.66. The van der Waals surface area contributed by atoms with Crippen LogP contribution >= 0.6 is 0 Å². The Balaban J connectivity index is 2.59. The maximum atomic E-state index is 5.36. The molecule has 1 heterocycles. The predicted octanol–water partition coefficient (Wildman–Crippen LogP) is 2.48. The summed E-state index contributed by atoms with van der Waals surface area (Å²) in [6.45, 7) is 5.18. The van der Waals surface area contributed by atoms with Crippen molar-refractivity contribution < 1.29 is 4.74 Å². The van der Waals surface area contributed by atoms with Crippen LogP contribution in [0.15, 0.2) is 11.3 Å². The van der Waals surface area contributed by atoms with Gasteiger partial charge in [-0.15, -0.1) is 0 Å². The van der Waals surface area contributed by atoms with Crippen molar-refractivity contribution in [1.29, 1.82) is 0 Å². The van der Waals surface area contributed by atoms with Gasteiger partial charge in [0.05, 0.1) is 12.4 Å². The molecule has 0 spiro atoms. The topological polar surface area (TPSA) is 9.23 Å². The standard InChI is InChI=1S/C8H14O/c1-3-8-5-4-6-9-7(8)2/h3-6H2,1-2H3. The van der Waals surface area contributed by atoms with Crippen LogP contribution in [0.2, 0.25) is 0 Å². The number of ether oxygens (including phenoxy) is 1. The van der Waals surface area contributed by atoms with Crippen molar-refractivity contribution in [3.8, 4) is 0 Å². The molecule has 0 aliphatic carbocycles. The van der Waals surface area contributed by atoms with Crippen LogP contribution in [0, 0.1) is 0 Å². The second-order valence-corrected chi connectivity index (χ2v) is 2.47. The molecule has 0 fully saturated rings. The van der Waals surface area contributed by atoms with E-state index in [1.165, 1.54) is 24.2 Å². The largest absolute Gasteiger partial charge is 0.498 e. The van der Waals surface area contributed by atoms with E-state index in [1.807, 2.05) is 0 Å². The third-order valence-corrected chi connectivity index (χ3v) is 1.87. The molecule has 52 valence electrons. The monoisotopic (exact) mass is 126 g/mol. The molecule has 0 atom stereocenters. The minimum Gasteiger partial charge on any atom is -0.498 e. The summed E-state index contributed by atoms with van der Waals surface area (Å²) in [6.07, 6.45) is 3.62. The van der Waals surface area contributed by atoms with Crippen molar-refractivity contribution in [1.82, 2.24) is 0 Å². The van der Waals surface area contributed by atoms with E-state index in [9.17, 15) is 0 Å². The molecule has 0 saturated heterocycles. The molecule has 1 aliphatic heterocycles. The van der Waals surface area contributed by atoms with Crippen LogP contribution in [0.25, 0.3) is 0 Å². The highest BCUT2D eigenvalue weighted by atomic mass is 16.5. The maximum absolute atomic E-state index is 5.36. The highest BCUT2D eigenvalue weighted by Gasteiger charge is 2.06. The van der Waals surface area contributed by atoms with Crippen molar-refractivity contribution in [2.75, 3.05) is 6.61 Å². The van der Waals surface area contributed by atoms with E-state index in [4.69, 9.17) is 4.74 Å². The van der Waals surface area contributed by atoms with Crippen molar-refractivity contribution in [2.45, 2.75) is 33.1 Å². The Labute approximate surface area is 56.7 Å². The molecular weight excluding hydrogens is 112 g/mol. The minimum absolute atomic E-state index is 0.926. The first-order chi connectivity index (χ1) is 4.34.